The minimum atomic E-state index is 0. The molecule has 1 fully saturated rings. The van der Waals surface area contributed by atoms with Crippen LogP contribution in [0, 0.1) is 5.92 Å². The summed E-state index contributed by atoms with van der Waals surface area (Å²) in [5.74, 6) is 1.60. The number of guanidine groups is 1. The predicted molar refractivity (Wildman–Crippen MR) is 115 cm³/mol. The number of hydrogen-bond acceptors (Lipinski definition) is 3. The van der Waals surface area contributed by atoms with Gasteiger partial charge in [0.1, 0.15) is 0 Å². The van der Waals surface area contributed by atoms with Gasteiger partial charge in [0.25, 0.3) is 0 Å². The normalized spacial score (nSPS) is 17.2. The zero-order valence-corrected chi connectivity index (χ0v) is 17.8. The second-order valence-corrected chi connectivity index (χ2v) is 6.34. The minimum absolute atomic E-state index is 0. The Bertz CT molecular complexity index is 672. The second kappa shape index (κ2) is 10.5. The maximum atomic E-state index is 5.29. The molecule has 1 unspecified atom stereocenters. The summed E-state index contributed by atoms with van der Waals surface area (Å²) in [6.07, 6.45) is 4.89. The summed E-state index contributed by atoms with van der Waals surface area (Å²) >= 11 is 0. The van der Waals surface area contributed by atoms with Gasteiger partial charge in [-0.15, -0.1) is 24.0 Å². The number of aliphatic imine (C=N–C) groups is 1. The van der Waals surface area contributed by atoms with Gasteiger partial charge in [-0.25, -0.2) is 9.67 Å². The number of benzene rings is 1. The van der Waals surface area contributed by atoms with Crippen molar-refractivity contribution in [3.8, 4) is 5.69 Å². The van der Waals surface area contributed by atoms with Crippen molar-refractivity contribution >= 4 is 29.9 Å². The third-order valence-corrected chi connectivity index (χ3v) is 4.44. The number of hydrogen-bond donors (Lipinski definition) is 1. The molecule has 0 amide bonds. The van der Waals surface area contributed by atoms with Crippen LogP contribution in [0.15, 0.2) is 47.7 Å². The highest BCUT2D eigenvalue weighted by Gasteiger charge is 2.24. The molecule has 7 heteroatoms. The number of likely N-dealkylation sites (tertiary alicyclic amines) is 1. The quantitative estimate of drug-likeness (QED) is 0.402. The van der Waals surface area contributed by atoms with E-state index in [1.807, 2.05) is 16.9 Å². The first-order valence-electron chi connectivity index (χ1n) is 8.91. The van der Waals surface area contributed by atoms with Crippen LogP contribution >= 0.6 is 24.0 Å². The Kier molecular flexibility index (Phi) is 8.37. The lowest BCUT2D eigenvalue weighted by Gasteiger charge is -2.21. The molecule has 2 aromatic rings. The highest BCUT2D eigenvalue weighted by Crippen LogP contribution is 2.17. The van der Waals surface area contributed by atoms with Crippen molar-refractivity contribution < 1.29 is 4.74 Å². The lowest BCUT2D eigenvalue weighted by molar-refractivity contribution is 0.157. The van der Waals surface area contributed by atoms with Gasteiger partial charge in [-0.05, 0) is 37.1 Å². The van der Waals surface area contributed by atoms with E-state index in [1.54, 1.807) is 13.3 Å². The Morgan fingerprint density at radius 3 is 2.81 bits per heavy atom. The largest absolute Gasteiger partial charge is 0.384 e. The fourth-order valence-corrected chi connectivity index (χ4v) is 3.16. The van der Waals surface area contributed by atoms with Crippen molar-refractivity contribution in [1.82, 2.24) is 20.0 Å². The van der Waals surface area contributed by atoms with Crippen LogP contribution < -0.4 is 5.32 Å². The van der Waals surface area contributed by atoms with Crippen LogP contribution in [-0.4, -0.2) is 54.0 Å². The summed E-state index contributed by atoms with van der Waals surface area (Å²) in [6, 6.07) is 10.3. The first-order chi connectivity index (χ1) is 12.3. The number of rotatable bonds is 6. The maximum absolute atomic E-state index is 5.29. The van der Waals surface area contributed by atoms with Gasteiger partial charge < -0.3 is 15.0 Å². The van der Waals surface area contributed by atoms with Crippen molar-refractivity contribution in [3.05, 3.63) is 48.3 Å². The summed E-state index contributed by atoms with van der Waals surface area (Å²) in [6.45, 7) is 6.54. The monoisotopic (exact) mass is 469 g/mol. The number of nitrogens with one attached hydrogen (secondary N) is 1. The first-order valence-corrected chi connectivity index (χ1v) is 8.91. The van der Waals surface area contributed by atoms with E-state index in [4.69, 9.17) is 9.73 Å². The lowest BCUT2D eigenvalue weighted by atomic mass is 10.1. The predicted octanol–water partition coefficient (Wildman–Crippen LogP) is 2.92. The molecule has 1 aliphatic heterocycles. The number of methoxy groups -OCH3 is 1. The smallest absolute Gasteiger partial charge is 0.194 e. The summed E-state index contributed by atoms with van der Waals surface area (Å²) < 4.78 is 7.15. The van der Waals surface area contributed by atoms with Crippen LogP contribution in [0.1, 0.15) is 18.9 Å². The minimum Gasteiger partial charge on any atom is -0.384 e. The van der Waals surface area contributed by atoms with Crippen molar-refractivity contribution in [1.29, 1.82) is 0 Å². The van der Waals surface area contributed by atoms with Gasteiger partial charge in [0.2, 0.25) is 0 Å². The maximum Gasteiger partial charge on any atom is 0.194 e. The number of ether oxygens (including phenoxy) is 1. The van der Waals surface area contributed by atoms with Crippen molar-refractivity contribution in [3.63, 3.8) is 0 Å². The SMILES string of the molecule is CCNC(=NCc1ccc(-n2cccn2)cc1)N1CCC(COC)C1.I. The second-order valence-electron chi connectivity index (χ2n) is 6.34. The number of nitrogens with zero attached hydrogens (tertiary/aromatic N) is 4. The molecular weight excluding hydrogens is 441 g/mol. The van der Waals surface area contributed by atoms with Gasteiger partial charge in [0.15, 0.2) is 5.96 Å². The van der Waals surface area contributed by atoms with E-state index in [0.29, 0.717) is 12.5 Å². The summed E-state index contributed by atoms with van der Waals surface area (Å²) in [4.78, 5) is 7.16. The zero-order valence-electron chi connectivity index (χ0n) is 15.5. The Balaban J connectivity index is 0.00000243. The molecule has 1 aliphatic rings. The van der Waals surface area contributed by atoms with Gasteiger partial charge in [-0.1, -0.05) is 12.1 Å². The van der Waals surface area contributed by atoms with Gasteiger partial charge in [0, 0.05) is 45.1 Å². The third-order valence-electron chi connectivity index (χ3n) is 4.44. The van der Waals surface area contributed by atoms with E-state index in [2.05, 4.69) is 46.5 Å². The standard InChI is InChI=1S/C19H27N5O.HI/c1-3-20-19(23-12-9-17(14-23)15-25-2)21-13-16-5-7-18(8-6-16)24-11-4-10-22-24;/h4-8,10-11,17H,3,9,12-15H2,1-2H3,(H,20,21);1H. The van der Waals surface area contributed by atoms with E-state index < -0.39 is 0 Å². The zero-order chi connectivity index (χ0) is 17.5. The van der Waals surface area contributed by atoms with E-state index in [-0.39, 0.29) is 24.0 Å². The Morgan fingerprint density at radius 2 is 2.15 bits per heavy atom. The Hall–Kier alpha value is -1.61. The van der Waals surface area contributed by atoms with Crippen molar-refractivity contribution in [2.24, 2.45) is 10.9 Å². The molecular formula is C19H28IN5O. The van der Waals surface area contributed by atoms with Crippen LogP contribution in [0.3, 0.4) is 0 Å². The lowest BCUT2D eigenvalue weighted by Crippen LogP contribution is -2.40. The summed E-state index contributed by atoms with van der Waals surface area (Å²) in [7, 11) is 1.77. The summed E-state index contributed by atoms with van der Waals surface area (Å²) in [5.41, 5.74) is 2.26. The van der Waals surface area contributed by atoms with Crippen LogP contribution in [0.25, 0.3) is 5.69 Å². The van der Waals surface area contributed by atoms with E-state index in [1.165, 1.54) is 5.56 Å². The molecule has 26 heavy (non-hydrogen) atoms. The number of aromatic nitrogens is 2. The molecule has 1 aromatic heterocycles. The highest BCUT2D eigenvalue weighted by molar-refractivity contribution is 14.0. The average Bonchev–Trinajstić information content (AvgIpc) is 3.31. The van der Waals surface area contributed by atoms with Gasteiger partial charge in [-0.3, -0.25) is 0 Å². The molecule has 6 nitrogen and oxygen atoms in total. The number of halogens is 1. The topological polar surface area (TPSA) is 54.7 Å². The molecule has 0 saturated carbocycles. The molecule has 0 aliphatic carbocycles. The molecule has 1 atom stereocenters. The van der Waals surface area contributed by atoms with Crippen molar-refractivity contribution in [2.45, 2.75) is 19.9 Å². The molecule has 0 bridgehead atoms. The van der Waals surface area contributed by atoms with Crippen LogP contribution in [-0.2, 0) is 11.3 Å². The Labute approximate surface area is 172 Å². The molecule has 142 valence electrons. The molecule has 2 heterocycles. The average molecular weight is 469 g/mol. The molecule has 1 saturated heterocycles. The van der Waals surface area contributed by atoms with Crippen LogP contribution in [0.5, 0.6) is 0 Å². The molecule has 1 aromatic carbocycles. The highest BCUT2D eigenvalue weighted by atomic mass is 127. The molecule has 0 spiro atoms. The molecule has 1 N–H and O–H groups in total. The Morgan fingerprint density at radius 1 is 1.35 bits per heavy atom. The van der Waals surface area contributed by atoms with E-state index in [9.17, 15) is 0 Å². The van der Waals surface area contributed by atoms with Crippen LogP contribution in [0.4, 0.5) is 0 Å². The summed E-state index contributed by atoms with van der Waals surface area (Å²) in [5, 5.41) is 7.66. The van der Waals surface area contributed by atoms with Gasteiger partial charge >= 0.3 is 0 Å². The fraction of sp³-hybridized carbons (Fsp3) is 0.474. The van der Waals surface area contributed by atoms with E-state index >= 15 is 0 Å². The molecule has 3 rings (SSSR count). The van der Waals surface area contributed by atoms with Crippen LogP contribution in [0.2, 0.25) is 0 Å². The van der Waals surface area contributed by atoms with Gasteiger partial charge in [-0.2, -0.15) is 5.10 Å². The van der Waals surface area contributed by atoms with E-state index in [0.717, 1.165) is 44.3 Å². The third kappa shape index (κ3) is 5.44. The fourth-order valence-electron chi connectivity index (χ4n) is 3.16. The van der Waals surface area contributed by atoms with Crippen molar-refractivity contribution in [2.75, 3.05) is 33.4 Å². The first kappa shape index (κ1) is 20.7. The van der Waals surface area contributed by atoms with Gasteiger partial charge in [0.05, 0.1) is 18.8 Å². The molecule has 0 radical (unpaired) electrons.